The third-order valence-electron chi connectivity index (χ3n) is 2.52. The van der Waals surface area contributed by atoms with E-state index >= 15 is 0 Å². The van der Waals surface area contributed by atoms with Gasteiger partial charge in [-0.15, -0.1) is 0 Å². The van der Waals surface area contributed by atoms with Gasteiger partial charge in [0, 0.05) is 6.16 Å². The molecule has 0 heterocycles. The van der Waals surface area contributed by atoms with Crippen LogP contribution >= 0.6 is 7.60 Å². The van der Waals surface area contributed by atoms with Crippen molar-refractivity contribution < 1.29 is 18.8 Å². The van der Waals surface area contributed by atoms with E-state index in [0.717, 1.165) is 19.3 Å². The fraction of sp³-hybridized carbons (Fsp3) is 0.462. The molecule has 1 rings (SSSR count). The summed E-state index contributed by atoms with van der Waals surface area (Å²) >= 11 is 0. The van der Waals surface area contributed by atoms with E-state index in [1.165, 1.54) is 12.1 Å². The summed E-state index contributed by atoms with van der Waals surface area (Å²) in [5, 5.41) is 0. The van der Waals surface area contributed by atoms with Gasteiger partial charge in [-0.2, -0.15) is 0 Å². The predicted molar refractivity (Wildman–Crippen MR) is 68.5 cm³/mol. The second-order valence-electron chi connectivity index (χ2n) is 4.14. The summed E-state index contributed by atoms with van der Waals surface area (Å²) in [6.45, 7) is 2.05. The van der Waals surface area contributed by atoms with Gasteiger partial charge in [0.2, 0.25) is 0 Å². The molecule has 4 nitrogen and oxygen atoms in total. The topological polar surface area (TPSA) is 66.4 Å². The Kier molecular flexibility index (Phi) is 6.10. The molecule has 100 valence electrons. The molecule has 0 N–H and O–H groups in total. The normalized spacial score (nSPS) is 13.9. The van der Waals surface area contributed by atoms with Crippen LogP contribution in [0.3, 0.4) is 0 Å². The van der Waals surface area contributed by atoms with E-state index in [1.54, 1.807) is 18.2 Å². The van der Waals surface area contributed by atoms with Gasteiger partial charge in [0.15, 0.2) is 7.60 Å². The minimum absolute atomic E-state index is 0.0778. The number of carbonyl (C=O) groups is 1. The van der Waals surface area contributed by atoms with Gasteiger partial charge in [-0.25, -0.2) is 4.79 Å². The van der Waals surface area contributed by atoms with Gasteiger partial charge in [-0.05, 0) is 18.6 Å². The Bertz CT molecular complexity index is 416. The highest BCUT2D eigenvalue weighted by molar-refractivity contribution is 7.51. The smallest absolute Gasteiger partial charge is 0.342 e. The summed E-state index contributed by atoms with van der Waals surface area (Å²) in [7, 11) is -4.05. The Labute approximate surface area is 108 Å². The summed E-state index contributed by atoms with van der Waals surface area (Å²) in [6.07, 6.45) is 3.33. The van der Waals surface area contributed by atoms with Crippen LogP contribution in [0.2, 0.25) is 0 Å². The van der Waals surface area contributed by atoms with Crippen LogP contribution in [0.5, 0.6) is 0 Å². The minimum atomic E-state index is -4.05. The lowest BCUT2D eigenvalue weighted by molar-refractivity contribution is -0.193. The van der Waals surface area contributed by atoms with E-state index < -0.39 is 13.6 Å². The second kappa shape index (κ2) is 7.34. The average molecular weight is 269 g/mol. The number of unbranched alkanes of at least 4 members (excludes halogenated alkanes) is 3. The Morgan fingerprint density at radius 2 is 1.89 bits per heavy atom. The standard InChI is InChI=1S/C13H19O4P/c1-2-3-4-8-11-18(15,16)17-13(14)12-9-6-5-7-10-12/h5-7,9-10H,2-4,8,11H2,1H3,(H,15,16)/p-1. The summed E-state index contributed by atoms with van der Waals surface area (Å²) in [5.41, 5.74) is 0.252. The molecule has 1 aromatic carbocycles. The van der Waals surface area contributed by atoms with E-state index in [4.69, 9.17) is 0 Å². The first-order chi connectivity index (χ1) is 8.55. The first-order valence-electron chi connectivity index (χ1n) is 6.14. The van der Waals surface area contributed by atoms with Crippen LogP contribution in [0, 0.1) is 0 Å². The molecule has 1 aromatic rings. The molecule has 0 aromatic heterocycles. The molecule has 0 saturated heterocycles. The highest BCUT2D eigenvalue weighted by Crippen LogP contribution is 2.39. The van der Waals surface area contributed by atoms with Gasteiger partial charge >= 0.3 is 5.97 Å². The van der Waals surface area contributed by atoms with Crippen molar-refractivity contribution >= 4 is 13.6 Å². The largest absolute Gasteiger partial charge is 0.769 e. The number of hydrogen-bond acceptors (Lipinski definition) is 4. The van der Waals surface area contributed by atoms with E-state index in [-0.39, 0.29) is 11.7 Å². The molecule has 18 heavy (non-hydrogen) atoms. The Morgan fingerprint density at radius 3 is 2.50 bits per heavy atom. The summed E-state index contributed by atoms with van der Waals surface area (Å²) in [5.74, 6) is -0.801. The Hall–Kier alpha value is -1.12. The quantitative estimate of drug-likeness (QED) is 0.563. The van der Waals surface area contributed by atoms with Crippen molar-refractivity contribution in [2.24, 2.45) is 0 Å². The van der Waals surface area contributed by atoms with Crippen LogP contribution in [0.1, 0.15) is 43.0 Å². The maximum Gasteiger partial charge on any atom is 0.342 e. The van der Waals surface area contributed by atoms with Crippen molar-refractivity contribution in [2.75, 3.05) is 6.16 Å². The molecule has 0 aliphatic heterocycles. The van der Waals surface area contributed by atoms with Crippen LogP contribution in [-0.2, 0) is 9.09 Å². The number of carbonyl (C=O) groups excluding carboxylic acids is 1. The highest BCUT2D eigenvalue weighted by Gasteiger charge is 2.15. The van der Waals surface area contributed by atoms with Gasteiger partial charge in [0.25, 0.3) is 0 Å². The van der Waals surface area contributed by atoms with E-state index in [1.807, 2.05) is 6.92 Å². The summed E-state index contributed by atoms with van der Waals surface area (Å²) in [4.78, 5) is 23.1. The van der Waals surface area contributed by atoms with Crippen LogP contribution in [-0.4, -0.2) is 12.1 Å². The van der Waals surface area contributed by atoms with Crippen LogP contribution < -0.4 is 4.89 Å². The van der Waals surface area contributed by atoms with Gasteiger partial charge in [-0.3, -0.25) is 4.57 Å². The monoisotopic (exact) mass is 269 g/mol. The number of benzene rings is 1. The Balaban J connectivity index is 2.45. The highest BCUT2D eigenvalue weighted by atomic mass is 31.2. The van der Waals surface area contributed by atoms with Gasteiger partial charge in [-0.1, -0.05) is 44.4 Å². The molecule has 0 aliphatic carbocycles. The van der Waals surface area contributed by atoms with Crippen LogP contribution in [0.25, 0.3) is 0 Å². The Morgan fingerprint density at radius 1 is 1.22 bits per heavy atom. The zero-order chi connectivity index (χ0) is 13.4. The molecular formula is C13H18O4P-. The molecule has 5 heteroatoms. The van der Waals surface area contributed by atoms with Crippen LogP contribution in [0.15, 0.2) is 30.3 Å². The first-order valence-corrected chi connectivity index (χ1v) is 7.87. The van der Waals surface area contributed by atoms with Crippen molar-refractivity contribution in [1.82, 2.24) is 0 Å². The maximum absolute atomic E-state index is 11.6. The number of rotatable bonds is 7. The van der Waals surface area contributed by atoms with E-state index in [2.05, 4.69) is 4.52 Å². The zero-order valence-electron chi connectivity index (χ0n) is 10.5. The molecule has 1 unspecified atom stereocenters. The molecule has 0 saturated carbocycles. The molecular weight excluding hydrogens is 251 g/mol. The van der Waals surface area contributed by atoms with E-state index in [0.29, 0.717) is 6.42 Å². The van der Waals surface area contributed by atoms with Crippen LogP contribution in [0.4, 0.5) is 0 Å². The molecule has 0 aliphatic rings. The molecule has 0 spiro atoms. The molecule has 0 bridgehead atoms. The third-order valence-corrected chi connectivity index (χ3v) is 3.82. The van der Waals surface area contributed by atoms with Gasteiger partial charge in [0.1, 0.15) is 0 Å². The minimum Gasteiger partial charge on any atom is -0.769 e. The fourth-order valence-corrected chi connectivity index (χ4v) is 2.59. The fourth-order valence-electron chi connectivity index (χ4n) is 1.53. The molecule has 0 radical (unpaired) electrons. The molecule has 0 amide bonds. The van der Waals surface area contributed by atoms with Gasteiger partial charge in [0.05, 0.1) is 5.56 Å². The summed E-state index contributed by atoms with van der Waals surface area (Å²) < 4.78 is 16.1. The lowest BCUT2D eigenvalue weighted by Crippen LogP contribution is -2.13. The van der Waals surface area contributed by atoms with E-state index in [9.17, 15) is 14.3 Å². The molecule has 0 fully saturated rings. The van der Waals surface area contributed by atoms with Gasteiger partial charge < -0.3 is 9.42 Å². The third kappa shape index (κ3) is 5.48. The van der Waals surface area contributed by atoms with Crippen molar-refractivity contribution in [1.29, 1.82) is 0 Å². The zero-order valence-corrected chi connectivity index (χ0v) is 11.4. The lowest BCUT2D eigenvalue weighted by Gasteiger charge is -2.22. The SMILES string of the molecule is CCCCCCP(=O)([O-])OC(=O)c1ccccc1. The van der Waals surface area contributed by atoms with Crippen molar-refractivity contribution in [3.05, 3.63) is 35.9 Å². The summed E-state index contributed by atoms with van der Waals surface area (Å²) in [6, 6.07) is 8.12. The predicted octanol–water partition coefficient (Wildman–Crippen LogP) is 2.98. The second-order valence-corrected chi connectivity index (χ2v) is 5.99. The lowest BCUT2D eigenvalue weighted by atomic mass is 10.2. The van der Waals surface area contributed by atoms with Crippen molar-refractivity contribution in [3.8, 4) is 0 Å². The number of hydrogen-bond donors (Lipinski definition) is 0. The maximum atomic E-state index is 11.6. The first kappa shape index (κ1) is 14.9. The van der Waals surface area contributed by atoms with Crippen molar-refractivity contribution in [3.63, 3.8) is 0 Å². The average Bonchev–Trinajstić information content (AvgIpc) is 2.35. The van der Waals surface area contributed by atoms with Crippen molar-refractivity contribution in [2.45, 2.75) is 32.6 Å². The molecule has 1 atom stereocenters.